The summed E-state index contributed by atoms with van der Waals surface area (Å²) < 4.78 is 38.2. The molecule has 0 bridgehead atoms. The van der Waals surface area contributed by atoms with E-state index in [0.29, 0.717) is 18.1 Å². The van der Waals surface area contributed by atoms with Crippen LogP contribution >= 0.6 is 0 Å². The lowest BCUT2D eigenvalue weighted by Crippen LogP contribution is -2.38. The van der Waals surface area contributed by atoms with E-state index in [1.54, 1.807) is 13.1 Å². The molecule has 0 aromatic heterocycles. The van der Waals surface area contributed by atoms with Gasteiger partial charge in [0.05, 0.1) is 5.56 Å². The Balaban J connectivity index is 1.75. The lowest BCUT2D eigenvalue weighted by atomic mass is 9.94. The predicted octanol–water partition coefficient (Wildman–Crippen LogP) is 3.10. The molecule has 0 amide bonds. The molecule has 25 heavy (non-hydrogen) atoms. The van der Waals surface area contributed by atoms with Crippen LogP contribution < -0.4 is 10.6 Å². The van der Waals surface area contributed by atoms with E-state index >= 15 is 0 Å². The minimum Gasteiger partial charge on any atom is -0.356 e. The van der Waals surface area contributed by atoms with Crippen molar-refractivity contribution in [1.29, 1.82) is 0 Å². The maximum atomic E-state index is 12.7. The summed E-state index contributed by atoms with van der Waals surface area (Å²) in [6.07, 6.45) is -0.801. The van der Waals surface area contributed by atoms with E-state index in [2.05, 4.69) is 27.6 Å². The van der Waals surface area contributed by atoms with Crippen LogP contribution in [0.3, 0.4) is 0 Å². The molecule has 0 spiro atoms. The lowest BCUT2D eigenvalue weighted by Gasteiger charge is -2.29. The summed E-state index contributed by atoms with van der Waals surface area (Å²) in [5, 5.41) is 6.32. The second-order valence-electron chi connectivity index (χ2n) is 6.59. The number of likely N-dealkylation sites (tertiary alicyclic amines) is 1. The fraction of sp³-hybridized carbons (Fsp3) is 0.611. The van der Waals surface area contributed by atoms with Crippen molar-refractivity contribution in [3.8, 4) is 0 Å². The zero-order valence-corrected chi connectivity index (χ0v) is 14.9. The van der Waals surface area contributed by atoms with Gasteiger partial charge in [0.25, 0.3) is 0 Å². The molecule has 7 heteroatoms. The topological polar surface area (TPSA) is 39.7 Å². The van der Waals surface area contributed by atoms with Gasteiger partial charge < -0.3 is 15.5 Å². The molecule has 1 saturated heterocycles. The summed E-state index contributed by atoms with van der Waals surface area (Å²) in [4.78, 5) is 6.48. The van der Waals surface area contributed by atoms with Crippen LogP contribution in [0.15, 0.2) is 29.3 Å². The summed E-state index contributed by atoms with van der Waals surface area (Å²) in [5.74, 6) is 1.34. The van der Waals surface area contributed by atoms with Gasteiger partial charge in [-0.1, -0.05) is 12.1 Å². The molecule has 1 heterocycles. The zero-order chi connectivity index (χ0) is 18.3. The molecular weight excluding hydrogens is 329 g/mol. The van der Waals surface area contributed by atoms with Crippen molar-refractivity contribution < 1.29 is 13.2 Å². The van der Waals surface area contributed by atoms with E-state index < -0.39 is 11.7 Å². The predicted molar refractivity (Wildman–Crippen MR) is 94.5 cm³/mol. The fourth-order valence-corrected chi connectivity index (χ4v) is 3.01. The lowest BCUT2D eigenvalue weighted by molar-refractivity contribution is -0.137. The average molecular weight is 356 g/mol. The van der Waals surface area contributed by atoms with E-state index in [1.807, 2.05) is 0 Å². The Kier molecular flexibility index (Phi) is 7.11. The van der Waals surface area contributed by atoms with Crippen LogP contribution in [-0.4, -0.2) is 44.6 Å². The minimum atomic E-state index is -4.32. The number of piperidine rings is 1. The van der Waals surface area contributed by atoms with Gasteiger partial charge in [0.1, 0.15) is 0 Å². The third-order valence-electron chi connectivity index (χ3n) is 4.62. The van der Waals surface area contributed by atoms with Crippen molar-refractivity contribution >= 4 is 5.96 Å². The third-order valence-corrected chi connectivity index (χ3v) is 4.62. The normalized spacial score (nSPS) is 17.6. The van der Waals surface area contributed by atoms with Crippen LogP contribution in [0.5, 0.6) is 0 Å². The second-order valence-corrected chi connectivity index (χ2v) is 6.59. The average Bonchev–Trinajstić information content (AvgIpc) is 2.59. The number of nitrogens with one attached hydrogen (secondary N) is 2. The van der Waals surface area contributed by atoms with Gasteiger partial charge in [0.15, 0.2) is 5.96 Å². The van der Waals surface area contributed by atoms with Crippen molar-refractivity contribution in [3.63, 3.8) is 0 Å². The summed E-state index contributed by atoms with van der Waals surface area (Å²) in [5.41, 5.74) is -0.0508. The van der Waals surface area contributed by atoms with Crippen molar-refractivity contribution in [2.24, 2.45) is 10.9 Å². The summed E-state index contributed by atoms with van der Waals surface area (Å²) in [6.45, 7) is 3.41. The number of rotatable bonds is 5. The molecule has 4 nitrogen and oxygen atoms in total. The molecule has 0 radical (unpaired) electrons. The standard InChI is InChI=1S/C18H27F3N4/c1-22-17(23-9-6-14-7-10-25(2)11-8-14)24-13-15-4-3-5-16(12-15)18(19,20)21/h3-5,12,14H,6-11,13H2,1-2H3,(H2,22,23,24). The zero-order valence-electron chi connectivity index (χ0n) is 14.9. The Morgan fingerprint density at radius 3 is 2.60 bits per heavy atom. The number of hydrogen-bond donors (Lipinski definition) is 2. The van der Waals surface area contributed by atoms with Crippen molar-refractivity contribution in [3.05, 3.63) is 35.4 Å². The van der Waals surface area contributed by atoms with Gasteiger partial charge in [-0.05, 0) is 63.0 Å². The van der Waals surface area contributed by atoms with Crippen molar-refractivity contribution in [1.82, 2.24) is 15.5 Å². The maximum absolute atomic E-state index is 12.7. The quantitative estimate of drug-likeness (QED) is 0.629. The molecule has 2 rings (SSSR count). The highest BCUT2D eigenvalue weighted by atomic mass is 19.4. The fourth-order valence-electron chi connectivity index (χ4n) is 3.01. The number of hydrogen-bond acceptors (Lipinski definition) is 2. The van der Waals surface area contributed by atoms with Crippen LogP contribution in [0, 0.1) is 5.92 Å². The Morgan fingerprint density at radius 2 is 1.96 bits per heavy atom. The summed E-state index contributed by atoms with van der Waals surface area (Å²) in [6, 6.07) is 5.35. The monoisotopic (exact) mass is 356 g/mol. The van der Waals surface area contributed by atoms with Gasteiger partial charge in [-0.25, -0.2) is 0 Å². The number of guanidine groups is 1. The maximum Gasteiger partial charge on any atom is 0.416 e. The van der Waals surface area contributed by atoms with Crippen molar-refractivity contribution in [2.75, 3.05) is 33.7 Å². The van der Waals surface area contributed by atoms with Gasteiger partial charge in [-0.2, -0.15) is 13.2 Å². The number of benzene rings is 1. The summed E-state index contributed by atoms with van der Waals surface area (Å²) in [7, 11) is 3.81. The molecule has 0 unspecified atom stereocenters. The number of nitrogens with zero attached hydrogens (tertiary/aromatic N) is 2. The molecule has 140 valence electrons. The molecule has 1 aromatic rings. The van der Waals surface area contributed by atoms with Crippen LogP contribution in [0.4, 0.5) is 13.2 Å². The van der Waals surface area contributed by atoms with Crippen LogP contribution in [0.1, 0.15) is 30.4 Å². The van der Waals surface area contributed by atoms with E-state index in [-0.39, 0.29) is 0 Å². The molecule has 1 aliphatic rings. The largest absolute Gasteiger partial charge is 0.416 e. The molecule has 1 aliphatic heterocycles. The van der Waals surface area contributed by atoms with E-state index in [0.717, 1.165) is 38.0 Å². The van der Waals surface area contributed by atoms with Gasteiger partial charge in [-0.3, -0.25) is 4.99 Å². The van der Waals surface area contributed by atoms with Gasteiger partial charge in [-0.15, -0.1) is 0 Å². The molecule has 1 fully saturated rings. The highest BCUT2D eigenvalue weighted by Gasteiger charge is 2.30. The van der Waals surface area contributed by atoms with Gasteiger partial charge in [0, 0.05) is 20.1 Å². The van der Waals surface area contributed by atoms with Gasteiger partial charge in [0.2, 0.25) is 0 Å². The molecule has 0 saturated carbocycles. The molecule has 1 aromatic carbocycles. The van der Waals surface area contributed by atoms with Gasteiger partial charge >= 0.3 is 6.18 Å². The Labute approximate surface area is 147 Å². The Bertz CT molecular complexity index is 564. The second kappa shape index (κ2) is 9.08. The number of aliphatic imine (C=N–C) groups is 1. The highest BCUT2D eigenvalue weighted by Crippen LogP contribution is 2.29. The first-order valence-electron chi connectivity index (χ1n) is 8.67. The molecule has 0 aliphatic carbocycles. The van der Waals surface area contributed by atoms with Crippen LogP contribution in [-0.2, 0) is 12.7 Å². The SMILES string of the molecule is CN=C(NCCC1CCN(C)CC1)NCc1cccc(C(F)(F)F)c1. The molecular formula is C18H27F3N4. The highest BCUT2D eigenvalue weighted by molar-refractivity contribution is 5.79. The number of alkyl halides is 3. The van der Waals surface area contributed by atoms with E-state index in [9.17, 15) is 13.2 Å². The summed E-state index contributed by atoms with van der Waals surface area (Å²) >= 11 is 0. The first-order chi connectivity index (χ1) is 11.9. The van der Waals surface area contributed by atoms with E-state index in [1.165, 1.54) is 25.0 Å². The number of halogens is 3. The third kappa shape index (κ3) is 6.57. The van der Waals surface area contributed by atoms with Crippen molar-refractivity contribution in [2.45, 2.75) is 32.0 Å². The Hall–Kier alpha value is -1.76. The first-order valence-corrected chi connectivity index (χ1v) is 8.67. The molecule has 2 N–H and O–H groups in total. The first kappa shape index (κ1) is 19.6. The molecule has 0 atom stereocenters. The van der Waals surface area contributed by atoms with Crippen LogP contribution in [0.2, 0.25) is 0 Å². The minimum absolute atomic E-state index is 0.303. The smallest absolute Gasteiger partial charge is 0.356 e. The van der Waals surface area contributed by atoms with Crippen LogP contribution in [0.25, 0.3) is 0 Å². The Morgan fingerprint density at radius 1 is 1.24 bits per heavy atom. The van der Waals surface area contributed by atoms with E-state index in [4.69, 9.17) is 0 Å².